The molecule has 0 saturated carbocycles. The molecule has 1 fully saturated rings. The van der Waals surface area contributed by atoms with Crippen molar-refractivity contribution in [3.8, 4) is 0 Å². The molecule has 9 nitrogen and oxygen atoms in total. The molecule has 0 unspecified atom stereocenters. The first-order valence-corrected chi connectivity index (χ1v) is 9.10. The summed E-state index contributed by atoms with van der Waals surface area (Å²) in [5, 5.41) is 6.27. The van der Waals surface area contributed by atoms with Crippen LogP contribution in [0.2, 0.25) is 0 Å². The van der Waals surface area contributed by atoms with Crippen molar-refractivity contribution >= 4 is 34.4 Å². The molecule has 4 rings (SSSR count). The van der Waals surface area contributed by atoms with E-state index in [1.54, 1.807) is 11.1 Å². The Kier molecular flexibility index (Phi) is 5.24. The molecule has 1 amide bonds. The van der Waals surface area contributed by atoms with Gasteiger partial charge in [0.1, 0.15) is 17.4 Å². The summed E-state index contributed by atoms with van der Waals surface area (Å²) >= 11 is 0. The number of carbonyl (C=O) groups is 1. The van der Waals surface area contributed by atoms with Gasteiger partial charge in [-0.05, 0) is 24.6 Å². The summed E-state index contributed by atoms with van der Waals surface area (Å²) in [6.45, 7) is 4.51. The number of hydrogen-bond acceptors (Lipinski definition) is 8. The van der Waals surface area contributed by atoms with Gasteiger partial charge in [0.25, 0.3) is 0 Å². The second-order valence-electron chi connectivity index (χ2n) is 6.49. The van der Waals surface area contributed by atoms with E-state index < -0.39 is 0 Å². The van der Waals surface area contributed by atoms with E-state index >= 15 is 0 Å². The summed E-state index contributed by atoms with van der Waals surface area (Å²) in [6, 6.07) is 7.98. The van der Waals surface area contributed by atoms with Crippen LogP contribution in [0.15, 0.2) is 36.8 Å². The van der Waals surface area contributed by atoms with E-state index in [0.29, 0.717) is 49.1 Å². The first kappa shape index (κ1) is 18.1. The molecule has 0 spiro atoms. The third-order valence-electron chi connectivity index (χ3n) is 4.42. The lowest BCUT2D eigenvalue weighted by atomic mass is 10.2. The van der Waals surface area contributed by atoms with Crippen molar-refractivity contribution in [3.05, 3.63) is 42.4 Å². The van der Waals surface area contributed by atoms with Crippen molar-refractivity contribution in [2.24, 2.45) is 0 Å². The van der Waals surface area contributed by atoms with Gasteiger partial charge in [0.05, 0.1) is 26.0 Å². The largest absolute Gasteiger partial charge is 0.378 e. The number of morpholine rings is 1. The molecule has 0 aliphatic carbocycles. The molecular weight excluding hydrogens is 358 g/mol. The van der Waals surface area contributed by atoms with Crippen LogP contribution in [-0.2, 0) is 9.53 Å². The quantitative estimate of drug-likeness (QED) is 0.691. The van der Waals surface area contributed by atoms with Crippen LogP contribution < -0.4 is 10.6 Å². The number of aromatic nitrogens is 4. The van der Waals surface area contributed by atoms with E-state index in [1.807, 2.05) is 31.2 Å². The molecule has 1 aromatic carbocycles. The van der Waals surface area contributed by atoms with Crippen molar-refractivity contribution in [1.29, 1.82) is 0 Å². The Balaban J connectivity index is 1.51. The average Bonchev–Trinajstić information content (AvgIpc) is 2.73. The third-order valence-corrected chi connectivity index (χ3v) is 4.42. The number of nitrogens with one attached hydrogen (secondary N) is 2. The van der Waals surface area contributed by atoms with Crippen molar-refractivity contribution < 1.29 is 9.53 Å². The third kappa shape index (κ3) is 4.15. The Morgan fingerprint density at radius 1 is 1.21 bits per heavy atom. The zero-order valence-corrected chi connectivity index (χ0v) is 15.6. The Morgan fingerprint density at radius 3 is 2.89 bits per heavy atom. The van der Waals surface area contributed by atoms with Crippen LogP contribution in [0.4, 0.5) is 17.5 Å². The lowest BCUT2D eigenvalue weighted by Crippen LogP contribution is -2.43. The van der Waals surface area contributed by atoms with Crippen LogP contribution in [0.3, 0.4) is 0 Å². The van der Waals surface area contributed by atoms with E-state index in [-0.39, 0.29) is 12.5 Å². The topological polar surface area (TPSA) is 105 Å². The number of benzene rings is 1. The van der Waals surface area contributed by atoms with Gasteiger partial charge < -0.3 is 20.3 Å². The first-order valence-electron chi connectivity index (χ1n) is 9.10. The first-order chi connectivity index (χ1) is 13.7. The highest BCUT2D eigenvalue weighted by molar-refractivity contribution is 5.87. The SMILES string of the molecule is Cc1cccc(Nc2ncnc3cnc(NCC(=O)N4CCOCC4)nc23)c1. The lowest BCUT2D eigenvalue weighted by molar-refractivity contribution is -0.133. The Bertz CT molecular complexity index is 989. The van der Waals surface area contributed by atoms with Gasteiger partial charge in [0.2, 0.25) is 11.9 Å². The Labute approximate surface area is 162 Å². The molecule has 0 atom stereocenters. The maximum Gasteiger partial charge on any atom is 0.242 e. The predicted molar refractivity (Wildman–Crippen MR) is 105 cm³/mol. The second kappa shape index (κ2) is 8.13. The monoisotopic (exact) mass is 379 g/mol. The van der Waals surface area contributed by atoms with Gasteiger partial charge in [0.15, 0.2) is 5.82 Å². The lowest BCUT2D eigenvalue weighted by Gasteiger charge is -2.26. The van der Waals surface area contributed by atoms with Crippen molar-refractivity contribution in [3.63, 3.8) is 0 Å². The van der Waals surface area contributed by atoms with Crippen molar-refractivity contribution in [2.75, 3.05) is 43.5 Å². The van der Waals surface area contributed by atoms with Gasteiger partial charge in [0, 0.05) is 18.8 Å². The molecule has 0 bridgehead atoms. The molecule has 3 aromatic rings. The van der Waals surface area contributed by atoms with Gasteiger partial charge in [-0.25, -0.2) is 19.9 Å². The summed E-state index contributed by atoms with van der Waals surface area (Å²) in [5.74, 6) is 0.936. The van der Waals surface area contributed by atoms with Crippen LogP contribution in [-0.4, -0.2) is 63.6 Å². The van der Waals surface area contributed by atoms with Crippen molar-refractivity contribution in [2.45, 2.75) is 6.92 Å². The standard InChI is InChI=1S/C19H21N7O2/c1-13-3-2-4-14(9-13)24-18-17-15(22-12-23-18)10-20-19(25-17)21-11-16(27)26-5-7-28-8-6-26/h2-4,9-10,12H,5-8,11H2,1H3,(H,20,21,25)(H,22,23,24). The van der Waals surface area contributed by atoms with Gasteiger partial charge in [-0.2, -0.15) is 0 Å². The summed E-state index contributed by atoms with van der Waals surface area (Å²) < 4.78 is 5.27. The van der Waals surface area contributed by atoms with E-state index in [2.05, 4.69) is 30.6 Å². The molecule has 2 aromatic heterocycles. The molecule has 1 aliphatic heterocycles. The highest BCUT2D eigenvalue weighted by Crippen LogP contribution is 2.22. The molecule has 2 N–H and O–H groups in total. The number of nitrogens with zero attached hydrogens (tertiary/aromatic N) is 5. The van der Waals surface area contributed by atoms with Crippen LogP contribution in [0.25, 0.3) is 11.0 Å². The number of ether oxygens (including phenoxy) is 1. The van der Waals surface area contributed by atoms with Crippen LogP contribution in [0, 0.1) is 6.92 Å². The van der Waals surface area contributed by atoms with E-state index in [9.17, 15) is 4.79 Å². The molecule has 1 aliphatic rings. The molecule has 1 saturated heterocycles. The fraction of sp³-hybridized carbons (Fsp3) is 0.316. The fourth-order valence-corrected chi connectivity index (χ4v) is 2.97. The highest BCUT2D eigenvalue weighted by atomic mass is 16.5. The van der Waals surface area contributed by atoms with Gasteiger partial charge in [-0.3, -0.25) is 4.79 Å². The van der Waals surface area contributed by atoms with E-state index in [0.717, 1.165) is 11.3 Å². The second-order valence-corrected chi connectivity index (χ2v) is 6.49. The van der Waals surface area contributed by atoms with Gasteiger partial charge in [-0.1, -0.05) is 12.1 Å². The summed E-state index contributed by atoms with van der Waals surface area (Å²) in [6.07, 6.45) is 3.09. The van der Waals surface area contributed by atoms with Gasteiger partial charge >= 0.3 is 0 Å². The Hall–Kier alpha value is -3.33. The Morgan fingerprint density at radius 2 is 2.07 bits per heavy atom. The maximum atomic E-state index is 12.3. The number of carbonyl (C=O) groups excluding carboxylic acids is 1. The molecule has 144 valence electrons. The van der Waals surface area contributed by atoms with Crippen LogP contribution >= 0.6 is 0 Å². The zero-order chi connectivity index (χ0) is 19.3. The average molecular weight is 379 g/mol. The number of hydrogen-bond donors (Lipinski definition) is 2. The number of anilines is 3. The summed E-state index contributed by atoms with van der Waals surface area (Å²) in [5.41, 5.74) is 3.26. The van der Waals surface area contributed by atoms with Crippen molar-refractivity contribution in [1.82, 2.24) is 24.8 Å². The highest BCUT2D eigenvalue weighted by Gasteiger charge is 2.17. The molecule has 3 heterocycles. The maximum absolute atomic E-state index is 12.3. The fourth-order valence-electron chi connectivity index (χ4n) is 2.97. The van der Waals surface area contributed by atoms with Crippen LogP contribution in [0.1, 0.15) is 5.56 Å². The number of aryl methyl sites for hydroxylation is 1. The molecule has 28 heavy (non-hydrogen) atoms. The molecule has 9 heteroatoms. The number of fused-ring (bicyclic) bond motifs is 1. The normalized spacial score (nSPS) is 14.1. The molecule has 0 radical (unpaired) electrons. The van der Waals surface area contributed by atoms with E-state index in [4.69, 9.17) is 4.74 Å². The minimum Gasteiger partial charge on any atom is -0.378 e. The van der Waals surface area contributed by atoms with Crippen LogP contribution in [0.5, 0.6) is 0 Å². The minimum absolute atomic E-state index is 0.00517. The zero-order valence-electron chi connectivity index (χ0n) is 15.6. The smallest absolute Gasteiger partial charge is 0.242 e. The minimum atomic E-state index is -0.00517. The predicted octanol–water partition coefficient (Wildman–Crippen LogP) is 1.74. The van der Waals surface area contributed by atoms with Gasteiger partial charge in [-0.15, -0.1) is 0 Å². The number of rotatable bonds is 5. The molecular formula is C19H21N7O2. The number of amides is 1. The summed E-state index contributed by atoms with van der Waals surface area (Å²) in [4.78, 5) is 31.3. The summed E-state index contributed by atoms with van der Waals surface area (Å²) in [7, 11) is 0. The van der Waals surface area contributed by atoms with E-state index in [1.165, 1.54) is 6.33 Å².